The van der Waals surface area contributed by atoms with E-state index in [-0.39, 0.29) is 16.5 Å². The Morgan fingerprint density at radius 3 is 2.58 bits per heavy atom. The Balaban J connectivity index is 1.49. The zero-order valence-electron chi connectivity index (χ0n) is 17.4. The molecule has 0 aromatic heterocycles. The molecule has 1 fully saturated rings. The van der Waals surface area contributed by atoms with Gasteiger partial charge >= 0.3 is 5.97 Å². The van der Waals surface area contributed by atoms with Crippen LogP contribution in [0.2, 0.25) is 5.02 Å². The molecular formula is C25H17ClFNO4S. The molecule has 0 unspecified atom stereocenters. The van der Waals surface area contributed by atoms with E-state index in [1.165, 1.54) is 12.1 Å². The number of thioether (sulfide) groups is 1. The van der Waals surface area contributed by atoms with Gasteiger partial charge in [-0.2, -0.15) is 0 Å². The highest BCUT2D eigenvalue weighted by Gasteiger charge is 2.35. The summed E-state index contributed by atoms with van der Waals surface area (Å²) in [5, 5.41) is -0.310. The Morgan fingerprint density at radius 2 is 1.85 bits per heavy atom. The standard InChI is InChI=1S/C25H17ClFNO4S/c1-15-5-7-17(8-6-15)24(30)32-20-4-2-3-16(11-20)12-22-23(29)28(25(31)33-22)14-18-9-10-19(27)13-21(18)26/h2-13H,14H2,1H3/b22-12-. The van der Waals surface area contributed by atoms with Gasteiger partial charge in [-0.3, -0.25) is 14.5 Å². The fraction of sp³-hybridized carbons (Fsp3) is 0.0800. The summed E-state index contributed by atoms with van der Waals surface area (Å²) in [6.07, 6.45) is 1.56. The van der Waals surface area contributed by atoms with Gasteiger partial charge in [0.15, 0.2) is 0 Å². The van der Waals surface area contributed by atoms with E-state index in [1.807, 2.05) is 19.1 Å². The number of ether oxygens (including phenoxy) is 1. The topological polar surface area (TPSA) is 63.7 Å². The number of esters is 1. The average Bonchev–Trinajstić information content (AvgIpc) is 3.03. The SMILES string of the molecule is Cc1ccc(C(=O)Oc2cccc(/C=C3\SC(=O)N(Cc4ccc(F)cc4Cl)C3=O)c2)cc1. The molecule has 166 valence electrons. The Bertz CT molecular complexity index is 1290. The number of amides is 2. The molecule has 3 aromatic rings. The summed E-state index contributed by atoms with van der Waals surface area (Å²) in [5.41, 5.74) is 2.51. The Hall–Kier alpha value is -3.42. The molecule has 0 spiro atoms. The second-order valence-electron chi connectivity index (χ2n) is 7.33. The van der Waals surface area contributed by atoms with Crippen LogP contribution in [0.25, 0.3) is 6.08 Å². The lowest BCUT2D eigenvalue weighted by Gasteiger charge is -2.13. The Kier molecular flexibility index (Phi) is 6.62. The van der Waals surface area contributed by atoms with E-state index in [9.17, 15) is 18.8 Å². The van der Waals surface area contributed by atoms with Gasteiger partial charge in [0.05, 0.1) is 17.0 Å². The van der Waals surface area contributed by atoms with Gasteiger partial charge < -0.3 is 4.74 Å². The molecule has 0 saturated carbocycles. The molecule has 8 heteroatoms. The summed E-state index contributed by atoms with van der Waals surface area (Å²) < 4.78 is 18.7. The van der Waals surface area contributed by atoms with Crippen molar-refractivity contribution in [3.05, 3.63) is 105 Å². The van der Waals surface area contributed by atoms with E-state index in [0.29, 0.717) is 22.4 Å². The van der Waals surface area contributed by atoms with Gasteiger partial charge in [0.25, 0.3) is 11.1 Å². The molecule has 1 heterocycles. The number of carbonyl (C=O) groups excluding carboxylic acids is 3. The lowest BCUT2D eigenvalue weighted by molar-refractivity contribution is -0.123. The molecule has 5 nitrogen and oxygen atoms in total. The van der Waals surface area contributed by atoms with Gasteiger partial charge in [0.1, 0.15) is 11.6 Å². The molecule has 0 atom stereocenters. The summed E-state index contributed by atoms with van der Waals surface area (Å²) >= 11 is 6.82. The molecule has 33 heavy (non-hydrogen) atoms. The van der Waals surface area contributed by atoms with Crippen LogP contribution in [0.15, 0.2) is 71.6 Å². The number of nitrogens with zero attached hydrogens (tertiary/aromatic N) is 1. The first-order valence-corrected chi connectivity index (χ1v) is 11.1. The zero-order valence-corrected chi connectivity index (χ0v) is 19.0. The number of imide groups is 1. The molecule has 1 saturated heterocycles. The molecule has 0 radical (unpaired) electrons. The maximum Gasteiger partial charge on any atom is 0.343 e. The van der Waals surface area contributed by atoms with Crippen LogP contribution in [0.5, 0.6) is 5.75 Å². The zero-order chi connectivity index (χ0) is 23.5. The summed E-state index contributed by atoms with van der Waals surface area (Å²) in [6, 6.07) is 17.5. The third-order valence-corrected chi connectivity index (χ3v) is 6.13. The molecule has 0 N–H and O–H groups in total. The number of carbonyl (C=O) groups is 3. The molecule has 0 bridgehead atoms. The van der Waals surface area contributed by atoms with Crippen molar-refractivity contribution in [1.82, 2.24) is 4.90 Å². The highest BCUT2D eigenvalue weighted by atomic mass is 35.5. The maximum atomic E-state index is 13.3. The van der Waals surface area contributed by atoms with Crippen molar-refractivity contribution in [2.24, 2.45) is 0 Å². The Morgan fingerprint density at radius 1 is 1.09 bits per heavy atom. The van der Waals surface area contributed by atoms with Gasteiger partial charge in [-0.1, -0.05) is 47.5 Å². The lowest BCUT2D eigenvalue weighted by Crippen LogP contribution is -2.27. The van der Waals surface area contributed by atoms with Crippen molar-refractivity contribution in [2.45, 2.75) is 13.5 Å². The number of benzene rings is 3. The quantitative estimate of drug-likeness (QED) is 0.245. The van der Waals surface area contributed by atoms with Crippen molar-refractivity contribution in [1.29, 1.82) is 0 Å². The van der Waals surface area contributed by atoms with Crippen molar-refractivity contribution in [3.8, 4) is 5.75 Å². The van der Waals surface area contributed by atoms with Crippen LogP contribution in [-0.4, -0.2) is 22.0 Å². The van der Waals surface area contributed by atoms with Gasteiger partial charge in [-0.25, -0.2) is 9.18 Å². The summed E-state index contributed by atoms with van der Waals surface area (Å²) in [4.78, 5) is 38.8. The number of aryl methyl sites for hydroxylation is 1. The fourth-order valence-electron chi connectivity index (χ4n) is 3.13. The summed E-state index contributed by atoms with van der Waals surface area (Å²) in [7, 11) is 0. The second-order valence-corrected chi connectivity index (χ2v) is 8.73. The van der Waals surface area contributed by atoms with Gasteiger partial charge in [0, 0.05) is 5.02 Å². The predicted molar refractivity (Wildman–Crippen MR) is 126 cm³/mol. The molecule has 4 rings (SSSR count). The van der Waals surface area contributed by atoms with Crippen LogP contribution < -0.4 is 4.74 Å². The highest BCUT2D eigenvalue weighted by Crippen LogP contribution is 2.34. The van der Waals surface area contributed by atoms with Crippen LogP contribution in [0.4, 0.5) is 9.18 Å². The largest absolute Gasteiger partial charge is 0.423 e. The van der Waals surface area contributed by atoms with Crippen LogP contribution >= 0.6 is 23.4 Å². The molecule has 3 aromatic carbocycles. The van der Waals surface area contributed by atoms with Crippen LogP contribution in [0.1, 0.15) is 27.0 Å². The van der Waals surface area contributed by atoms with E-state index >= 15 is 0 Å². The normalized spacial score (nSPS) is 14.8. The highest BCUT2D eigenvalue weighted by molar-refractivity contribution is 8.18. The fourth-order valence-corrected chi connectivity index (χ4v) is 4.20. The maximum absolute atomic E-state index is 13.3. The number of hydrogen-bond donors (Lipinski definition) is 0. The number of rotatable bonds is 5. The predicted octanol–water partition coefficient (Wildman–Crippen LogP) is 6.24. The first-order chi connectivity index (χ1) is 15.8. The minimum absolute atomic E-state index is 0.0602. The van der Waals surface area contributed by atoms with E-state index in [0.717, 1.165) is 28.3 Å². The summed E-state index contributed by atoms with van der Waals surface area (Å²) in [6.45, 7) is 1.86. The van der Waals surface area contributed by atoms with E-state index < -0.39 is 22.9 Å². The second kappa shape index (κ2) is 9.60. The number of hydrogen-bond acceptors (Lipinski definition) is 5. The minimum Gasteiger partial charge on any atom is -0.423 e. The monoisotopic (exact) mass is 481 g/mol. The van der Waals surface area contributed by atoms with Crippen molar-refractivity contribution >= 4 is 46.6 Å². The van der Waals surface area contributed by atoms with Gasteiger partial charge in [-0.05, 0) is 72.3 Å². The molecular weight excluding hydrogens is 465 g/mol. The van der Waals surface area contributed by atoms with Crippen molar-refractivity contribution < 1.29 is 23.5 Å². The summed E-state index contributed by atoms with van der Waals surface area (Å²) in [5.74, 6) is -1.16. The first-order valence-electron chi connectivity index (χ1n) is 9.88. The van der Waals surface area contributed by atoms with E-state index in [4.69, 9.17) is 16.3 Å². The third-order valence-electron chi connectivity index (χ3n) is 4.87. The van der Waals surface area contributed by atoms with E-state index in [1.54, 1.807) is 42.5 Å². The van der Waals surface area contributed by atoms with Crippen molar-refractivity contribution in [3.63, 3.8) is 0 Å². The third kappa shape index (κ3) is 5.32. The van der Waals surface area contributed by atoms with Gasteiger partial charge in [0.2, 0.25) is 0 Å². The average molecular weight is 482 g/mol. The van der Waals surface area contributed by atoms with Crippen LogP contribution in [0.3, 0.4) is 0 Å². The van der Waals surface area contributed by atoms with Crippen molar-refractivity contribution in [2.75, 3.05) is 0 Å². The molecule has 2 amide bonds. The molecule has 1 aliphatic heterocycles. The molecule has 1 aliphatic rings. The van der Waals surface area contributed by atoms with Crippen LogP contribution in [-0.2, 0) is 11.3 Å². The molecule has 0 aliphatic carbocycles. The first kappa shape index (κ1) is 22.8. The smallest absolute Gasteiger partial charge is 0.343 e. The Labute approximate surface area is 198 Å². The lowest BCUT2D eigenvalue weighted by atomic mass is 10.1. The van der Waals surface area contributed by atoms with E-state index in [2.05, 4.69) is 0 Å². The number of halogens is 2. The van der Waals surface area contributed by atoms with Gasteiger partial charge in [-0.15, -0.1) is 0 Å². The van der Waals surface area contributed by atoms with Crippen LogP contribution in [0, 0.1) is 12.7 Å². The minimum atomic E-state index is -0.499.